The molecule has 0 saturated carbocycles. The number of rotatable bonds is 12. The van der Waals surface area contributed by atoms with E-state index in [0.29, 0.717) is 56.0 Å². The molecule has 2 aliphatic rings. The molecule has 0 unspecified atom stereocenters. The normalized spacial score (nSPS) is 11.7. The molecule has 2 aliphatic heterocycles. The number of carbonyl (C=O) groups excluding carboxylic acids is 4. The van der Waals surface area contributed by atoms with Gasteiger partial charge >= 0.3 is 118 Å². The van der Waals surface area contributed by atoms with E-state index in [-0.39, 0.29) is 189 Å². The van der Waals surface area contributed by atoms with Crippen molar-refractivity contribution in [3.63, 3.8) is 0 Å². The zero-order chi connectivity index (χ0) is 35.7. The van der Waals surface area contributed by atoms with Gasteiger partial charge in [0.15, 0.2) is 0 Å². The summed E-state index contributed by atoms with van der Waals surface area (Å²) in [5, 5.41) is 46.1. The van der Waals surface area contributed by atoms with E-state index in [0.717, 1.165) is 33.4 Å². The molecular weight excluding hydrogens is 786 g/mol. The van der Waals surface area contributed by atoms with Gasteiger partial charge in [-0.2, -0.15) is 0 Å². The predicted octanol–water partition coefficient (Wildman–Crippen LogP) is -11.1. The van der Waals surface area contributed by atoms with Crippen LogP contribution in [0.2, 0.25) is 0 Å². The van der Waals surface area contributed by atoms with E-state index in [4.69, 9.17) is 15.0 Å². The molecule has 54 heavy (non-hydrogen) atoms. The standard InChI is InChI=1S/C37H40N4O8.4Na.Zn/c1-18-22(6-10-34(42)43)29-15-30-23(7-11-35(44)45)20(3)28(40-30)16-33-25(9-13-37(48)49)21(4)32(41(33)5)17-31-24(8-12-36(46)47)19(2)27(39-31)14-26(18)38-29;;;;;/h14-17H,6-13H2,1-5H3,(H5,38,39,40,42,43,44,45,46,47,48,49);;;;;/q;4*+1;/p-5. The SMILES string of the molecule is CC1=C(CCC(=O)[O-])c2cc3[n-]c(cc4nc(cc5c(C)c(CCC(=O)[O-])c(cc1n2)n5C)C(CCC(=O)[O-])=C4C)c(C)c3CCC(=O)[O-].[Na+].[Na+].[Na+].[Na+].[Zn]. The van der Waals surface area contributed by atoms with Gasteiger partial charge in [-0.3, -0.25) is 0 Å². The number of aromatic nitrogens is 4. The van der Waals surface area contributed by atoms with Crippen LogP contribution in [0.15, 0.2) is 24.3 Å². The molecule has 0 N–H and O–H groups in total. The predicted molar refractivity (Wildman–Crippen MR) is 174 cm³/mol. The van der Waals surface area contributed by atoms with Gasteiger partial charge in [0.05, 0.1) is 22.8 Å². The van der Waals surface area contributed by atoms with E-state index in [1.807, 2.05) is 51.4 Å². The van der Waals surface area contributed by atoms with Crippen LogP contribution in [-0.4, -0.2) is 38.4 Å². The van der Waals surface area contributed by atoms with E-state index < -0.39 is 23.9 Å². The van der Waals surface area contributed by atoms with E-state index in [1.165, 1.54) is 0 Å². The van der Waals surface area contributed by atoms with Crippen LogP contribution in [0.4, 0.5) is 0 Å². The van der Waals surface area contributed by atoms with Gasteiger partial charge in [-0.15, -0.1) is 11.0 Å². The fraction of sp³-hybridized carbons (Fsp3) is 0.351. The molecule has 3 aromatic rings. The van der Waals surface area contributed by atoms with E-state index in [1.54, 1.807) is 12.1 Å². The third kappa shape index (κ3) is 12.1. The Labute approximate surface area is 415 Å². The maximum atomic E-state index is 11.6. The number of allylic oxidation sites excluding steroid dienone is 4. The van der Waals surface area contributed by atoms with Crippen LogP contribution in [0.1, 0.15) is 97.4 Å². The molecule has 0 aliphatic carbocycles. The summed E-state index contributed by atoms with van der Waals surface area (Å²) in [6.07, 6.45) is -0.355. The second-order valence-electron chi connectivity index (χ2n) is 12.5. The molecule has 5 heterocycles. The molecule has 8 bridgehead atoms. The number of hydrogen-bond acceptors (Lipinski definition) is 10. The summed E-state index contributed by atoms with van der Waals surface area (Å²) in [6, 6.07) is 7.20. The maximum absolute atomic E-state index is 11.6. The van der Waals surface area contributed by atoms with E-state index in [9.17, 15) is 39.6 Å². The van der Waals surface area contributed by atoms with Crippen LogP contribution < -0.4 is 144 Å². The molecule has 5 rings (SSSR count). The number of fused-ring (bicyclic) bond motifs is 8. The van der Waals surface area contributed by atoms with Crippen molar-refractivity contribution in [1.29, 1.82) is 0 Å². The van der Waals surface area contributed by atoms with Gasteiger partial charge in [0.2, 0.25) is 0 Å². The van der Waals surface area contributed by atoms with Gasteiger partial charge in [0.25, 0.3) is 0 Å². The molecule has 0 radical (unpaired) electrons. The van der Waals surface area contributed by atoms with Crippen LogP contribution in [0.25, 0.3) is 44.4 Å². The molecule has 0 saturated heterocycles. The molecule has 17 heteroatoms. The Morgan fingerprint density at radius 1 is 0.556 bits per heavy atom. The van der Waals surface area contributed by atoms with Crippen LogP contribution in [0.3, 0.4) is 0 Å². The van der Waals surface area contributed by atoms with Crippen molar-refractivity contribution in [1.82, 2.24) is 19.5 Å². The Kier molecular flexibility index (Phi) is 22.5. The summed E-state index contributed by atoms with van der Waals surface area (Å²) in [7, 11) is 1.84. The Balaban J connectivity index is 0.00000562. The number of aliphatic carboxylic acids is 4. The largest absolute Gasteiger partial charge is 1.00 e. The minimum atomic E-state index is -1.22. The summed E-state index contributed by atoms with van der Waals surface area (Å²) in [4.78, 5) is 60.8. The average molecular weight is 821 g/mol. The molecule has 0 spiro atoms. The number of carboxylic acid groups (broad SMARTS) is 4. The van der Waals surface area contributed by atoms with Gasteiger partial charge in [0.1, 0.15) is 0 Å². The third-order valence-electron chi connectivity index (χ3n) is 9.44. The minimum absolute atomic E-state index is 0. The van der Waals surface area contributed by atoms with Gasteiger partial charge < -0.3 is 49.2 Å². The van der Waals surface area contributed by atoms with Crippen LogP contribution in [0.5, 0.6) is 0 Å². The first kappa shape index (κ1) is 53.1. The van der Waals surface area contributed by atoms with E-state index in [2.05, 4.69) is 0 Å². The molecule has 0 fully saturated rings. The molecule has 0 aromatic carbocycles. The fourth-order valence-corrected chi connectivity index (χ4v) is 6.67. The molecular formula is C37H35N4Na4O8Zn-. The van der Waals surface area contributed by atoms with Crippen molar-refractivity contribution >= 4 is 68.2 Å². The fourth-order valence-electron chi connectivity index (χ4n) is 6.67. The van der Waals surface area contributed by atoms with E-state index >= 15 is 0 Å². The van der Waals surface area contributed by atoms with Gasteiger partial charge in [0, 0.05) is 61.4 Å². The Morgan fingerprint density at radius 2 is 0.944 bits per heavy atom. The third-order valence-corrected chi connectivity index (χ3v) is 9.44. The molecule has 0 amide bonds. The first-order valence-electron chi connectivity index (χ1n) is 16.0. The van der Waals surface area contributed by atoms with Crippen molar-refractivity contribution in [2.75, 3.05) is 0 Å². The van der Waals surface area contributed by atoms with Crippen molar-refractivity contribution in [3.05, 3.63) is 69.3 Å². The number of aryl methyl sites for hydroxylation is 5. The van der Waals surface area contributed by atoms with Crippen LogP contribution >= 0.6 is 0 Å². The zero-order valence-electron chi connectivity index (χ0n) is 32.7. The summed E-state index contributed by atoms with van der Waals surface area (Å²) in [6.45, 7) is 7.40. The maximum Gasteiger partial charge on any atom is 1.00 e. The van der Waals surface area contributed by atoms with Crippen molar-refractivity contribution in [3.8, 4) is 0 Å². The number of carboxylic acids is 4. The summed E-state index contributed by atoms with van der Waals surface area (Å²) < 4.78 is 1.91. The van der Waals surface area contributed by atoms with Crippen molar-refractivity contribution in [2.24, 2.45) is 7.05 Å². The number of nitrogens with zero attached hydrogens (tertiary/aromatic N) is 4. The Morgan fingerprint density at radius 3 is 1.43 bits per heavy atom. The Bertz CT molecular complexity index is 2180. The summed E-state index contributed by atoms with van der Waals surface area (Å²) in [5.41, 5.74) is 10.3. The van der Waals surface area contributed by atoms with Gasteiger partial charge in [-0.05, 0) is 125 Å². The monoisotopic (exact) mass is 819 g/mol. The topological polar surface area (TPSA) is 205 Å². The molecule has 12 nitrogen and oxygen atoms in total. The quantitative estimate of drug-likeness (QED) is 0.157. The Hall–Kier alpha value is -0.897. The number of carbonyl (C=O) groups is 4. The second-order valence-corrected chi connectivity index (χ2v) is 12.5. The minimum Gasteiger partial charge on any atom is -0.657 e. The van der Waals surface area contributed by atoms with Crippen molar-refractivity contribution < 1.29 is 177 Å². The molecule has 258 valence electrons. The molecule has 0 atom stereocenters. The van der Waals surface area contributed by atoms with Gasteiger partial charge in [-0.1, -0.05) is 23.3 Å². The first-order chi connectivity index (χ1) is 23.2. The van der Waals surface area contributed by atoms with Gasteiger partial charge in [-0.25, -0.2) is 9.97 Å². The average Bonchev–Trinajstić information content (AvgIpc) is 3.65. The zero-order valence-corrected chi connectivity index (χ0v) is 43.7. The number of hydrogen-bond donors (Lipinski definition) is 0. The van der Waals surface area contributed by atoms with Crippen molar-refractivity contribution in [2.45, 2.75) is 79.1 Å². The summed E-state index contributed by atoms with van der Waals surface area (Å²) >= 11 is 0. The first-order valence-corrected chi connectivity index (χ1v) is 16.0. The van der Waals surface area contributed by atoms with Crippen LogP contribution in [0, 0.1) is 13.8 Å². The smallest absolute Gasteiger partial charge is 0.657 e. The summed E-state index contributed by atoms with van der Waals surface area (Å²) in [5.74, 6) is -4.84. The molecule has 3 aromatic heterocycles. The second kappa shape index (κ2) is 22.9. The van der Waals surface area contributed by atoms with Crippen LogP contribution in [-0.2, 0) is 58.5 Å².